The molecule has 0 heterocycles. The van der Waals surface area contributed by atoms with Crippen LogP contribution in [0.3, 0.4) is 0 Å². The summed E-state index contributed by atoms with van der Waals surface area (Å²) in [5.74, 6) is 0.0122. The molecule has 0 saturated heterocycles. The smallest absolute Gasteiger partial charge is 0.255 e. The van der Waals surface area contributed by atoms with Crippen LogP contribution < -0.4 is 20.7 Å². The zero-order valence-corrected chi connectivity index (χ0v) is 15.9. The molecule has 0 aliphatic heterocycles. The van der Waals surface area contributed by atoms with Gasteiger partial charge in [0.1, 0.15) is 0 Å². The van der Waals surface area contributed by atoms with Gasteiger partial charge in [-0.1, -0.05) is 23.2 Å². The maximum absolute atomic E-state index is 12.7. The fraction of sp³-hybridized carbons (Fsp3) is 0.278. The fourth-order valence-electron chi connectivity index (χ4n) is 2.57. The van der Waals surface area contributed by atoms with Crippen LogP contribution in [0, 0.1) is 0 Å². The van der Waals surface area contributed by atoms with E-state index in [4.69, 9.17) is 33.7 Å². The van der Waals surface area contributed by atoms with Gasteiger partial charge in [0.05, 0.1) is 28.5 Å². The van der Waals surface area contributed by atoms with Crippen LogP contribution >= 0.6 is 23.2 Å². The second-order valence-electron chi connectivity index (χ2n) is 5.38. The molecule has 0 radical (unpaired) electrons. The Kier molecular flexibility index (Phi) is 6.39. The van der Waals surface area contributed by atoms with Crippen LogP contribution in [0.2, 0.25) is 10.0 Å². The molecule has 134 valence electrons. The lowest BCUT2D eigenvalue weighted by atomic mass is 10.1. The van der Waals surface area contributed by atoms with Gasteiger partial charge in [-0.05, 0) is 44.2 Å². The molecule has 0 saturated carbocycles. The molecule has 0 aliphatic rings. The summed E-state index contributed by atoms with van der Waals surface area (Å²) in [5, 5.41) is 3.44. The number of nitrogen functional groups attached to an aromatic ring is 1. The summed E-state index contributed by atoms with van der Waals surface area (Å²) in [4.78, 5) is 14.8. The molecule has 0 aliphatic carbocycles. The second-order valence-corrected chi connectivity index (χ2v) is 6.19. The van der Waals surface area contributed by atoms with Gasteiger partial charge in [0, 0.05) is 24.3 Å². The van der Waals surface area contributed by atoms with Crippen LogP contribution in [-0.2, 0) is 0 Å². The van der Waals surface area contributed by atoms with Gasteiger partial charge in [0.2, 0.25) is 0 Å². The molecular formula is C18H21Cl2N3O2. The minimum absolute atomic E-state index is 0.275. The van der Waals surface area contributed by atoms with Gasteiger partial charge in [-0.2, -0.15) is 0 Å². The van der Waals surface area contributed by atoms with Crippen molar-refractivity contribution in [3.63, 3.8) is 0 Å². The maximum Gasteiger partial charge on any atom is 0.255 e. The van der Waals surface area contributed by atoms with E-state index >= 15 is 0 Å². The van der Waals surface area contributed by atoms with Gasteiger partial charge in [0.15, 0.2) is 5.75 Å². The highest BCUT2D eigenvalue weighted by Gasteiger charge is 2.16. The van der Waals surface area contributed by atoms with Gasteiger partial charge in [-0.25, -0.2) is 0 Å². The van der Waals surface area contributed by atoms with Gasteiger partial charge >= 0.3 is 0 Å². The number of hydrogen-bond donors (Lipinski definition) is 2. The van der Waals surface area contributed by atoms with Crippen molar-refractivity contribution in [1.82, 2.24) is 0 Å². The molecule has 3 N–H and O–H groups in total. The first kappa shape index (κ1) is 19.2. The predicted molar refractivity (Wildman–Crippen MR) is 105 cm³/mol. The van der Waals surface area contributed by atoms with E-state index in [-0.39, 0.29) is 16.0 Å². The van der Waals surface area contributed by atoms with E-state index in [0.717, 1.165) is 18.8 Å². The van der Waals surface area contributed by atoms with E-state index in [2.05, 4.69) is 24.1 Å². The van der Waals surface area contributed by atoms with Crippen molar-refractivity contribution in [3.8, 4) is 5.75 Å². The van der Waals surface area contributed by atoms with Crippen molar-refractivity contribution >= 4 is 46.2 Å². The van der Waals surface area contributed by atoms with Crippen molar-refractivity contribution in [3.05, 3.63) is 45.9 Å². The third-order valence-electron chi connectivity index (χ3n) is 3.84. The number of carbonyl (C=O) groups is 1. The highest BCUT2D eigenvalue weighted by atomic mass is 35.5. The Morgan fingerprint density at radius 3 is 2.28 bits per heavy atom. The van der Waals surface area contributed by atoms with Crippen molar-refractivity contribution in [2.45, 2.75) is 13.8 Å². The summed E-state index contributed by atoms with van der Waals surface area (Å²) in [6, 6.07) is 8.48. The number of halogens is 2. The standard InChI is InChI=1S/C18H21Cl2N3O2/c1-4-23(5-2)16-7-6-12(21)10-15(16)22-18(24)11-8-13(19)17(25-3)14(20)9-11/h6-10H,4-5,21H2,1-3H3,(H,22,24). The number of anilines is 3. The molecule has 5 nitrogen and oxygen atoms in total. The number of nitrogens with zero attached hydrogens (tertiary/aromatic N) is 1. The molecule has 1 amide bonds. The highest BCUT2D eigenvalue weighted by Crippen LogP contribution is 2.34. The molecule has 0 aromatic heterocycles. The Labute approximate surface area is 157 Å². The van der Waals surface area contributed by atoms with Gasteiger partial charge in [-0.15, -0.1) is 0 Å². The van der Waals surface area contributed by atoms with Crippen LogP contribution in [0.25, 0.3) is 0 Å². The van der Waals surface area contributed by atoms with Crippen LogP contribution in [0.4, 0.5) is 17.1 Å². The van der Waals surface area contributed by atoms with E-state index in [9.17, 15) is 4.79 Å². The number of rotatable bonds is 6. The van der Waals surface area contributed by atoms with Crippen LogP contribution in [0.15, 0.2) is 30.3 Å². The summed E-state index contributed by atoms with van der Waals surface area (Å²) >= 11 is 12.2. The Hall–Kier alpha value is -2.11. The molecule has 25 heavy (non-hydrogen) atoms. The summed E-state index contributed by atoms with van der Waals surface area (Å²) in [6.45, 7) is 5.72. The zero-order chi connectivity index (χ0) is 18.6. The molecule has 0 fully saturated rings. The van der Waals surface area contributed by atoms with E-state index < -0.39 is 0 Å². The number of nitrogens with one attached hydrogen (secondary N) is 1. The Bertz CT molecular complexity index is 754. The molecule has 0 spiro atoms. The third kappa shape index (κ3) is 4.30. The van der Waals surface area contributed by atoms with Crippen molar-refractivity contribution < 1.29 is 9.53 Å². The SMILES string of the molecule is CCN(CC)c1ccc(N)cc1NC(=O)c1cc(Cl)c(OC)c(Cl)c1. The summed E-state index contributed by atoms with van der Waals surface area (Å²) < 4.78 is 5.11. The van der Waals surface area contributed by atoms with E-state index in [1.54, 1.807) is 6.07 Å². The maximum atomic E-state index is 12.7. The van der Waals surface area contributed by atoms with Crippen LogP contribution in [0.5, 0.6) is 5.75 Å². The number of ether oxygens (including phenoxy) is 1. The second kappa shape index (κ2) is 8.32. The predicted octanol–water partition coefficient (Wildman–Crippen LogP) is 4.68. The molecule has 0 atom stereocenters. The average molecular weight is 382 g/mol. The number of amides is 1. The quantitative estimate of drug-likeness (QED) is 0.712. The lowest BCUT2D eigenvalue weighted by Gasteiger charge is -2.24. The van der Waals surface area contributed by atoms with Gasteiger partial charge < -0.3 is 20.7 Å². The largest absolute Gasteiger partial charge is 0.494 e. The number of hydrogen-bond acceptors (Lipinski definition) is 4. The summed E-state index contributed by atoms with van der Waals surface area (Å²) in [7, 11) is 1.47. The molecule has 7 heteroatoms. The summed E-state index contributed by atoms with van der Waals surface area (Å²) in [6.07, 6.45) is 0. The molecule has 2 aromatic carbocycles. The topological polar surface area (TPSA) is 67.6 Å². The zero-order valence-electron chi connectivity index (χ0n) is 14.4. The first-order valence-corrected chi connectivity index (χ1v) is 8.65. The fourth-order valence-corrected chi connectivity index (χ4v) is 3.22. The van der Waals surface area contributed by atoms with Crippen molar-refractivity contribution in [1.29, 1.82) is 0 Å². The van der Waals surface area contributed by atoms with Crippen LogP contribution in [-0.4, -0.2) is 26.1 Å². The number of nitrogens with two attached hydrogens (primary N) is 1. The third-order valence-corrected chi connectivity index (χ3v) is 4.40. The monoisotopic (exact) mass is 381 g/mol. The first-order chi connectivity index (χ1) is 11.9. The van der Waals surface area contributed by atoms with Crippen LogP contribution in [0.1, 0.15) is 24.2 Å². The van der Waals surface area contributed by atoms with Gasteiger partial charge in [0.25, 0.3) is 5.91 Å². The van der Waals surface area contributed by atoms with E-state index in [1.165, 1.54) is 19.2 Å². The normalized spacial score (nSPS) is 10.4. The van der Waals surface area contributed by atoms with Gasteiger partial charge in [-0.3, -0.25) is 4.79 Å². The Morgan fingerprint density at radius 2 is 1.76 bits per heavy atom. The molecule has 2 rings (SSSR count). The Balaban J connectivity index is 2.36. The lowest BCUT2D eigenvalue weighted by molar-refractivity contribution is 0.102. The van der Waals surface area contributed by atoms with E-state index in [1.807, 2.05) is 12.1 Å². The number of benzene rings is 2. The number of methoxy groups -OCH3 is 1. The minimum atomic E-state index is -0.328. The minimum Gasteiger partial charge on any atom is -0.494 e. The molecule has 0 bridgehead atoms. The molecular weight excluding hydrogens is 361 g/mol. The summed E-state index contributed by atoms with van der Waals surface area (Å²) in [5.41, 5.74) is 8.32. The first-order valence-electron chi connectivity index (χ1n) is 7.90. The van der Waals surface area contributed by atoms with E-state index in [0.29, 0.717) is 22.7 Å². The molecule has 2 aromatic rings. The van der Waals surface area contributed by atoms with Crippen molar-refractivity contribution in [2.24, 2.45) is 0 Å². The van der Waals surface area contributed by atoms with Crippen molar-refractivity contribution in [2.75, 3.05) is 36.1 Å². The highest BCUT2D eigenvalue weighted by molar-refractivity contribution is 6.37. The average Bonchev–Trinajstić information content (AvgIpc) is 2.57. The lowest BCUT2D eigenvalue weighted by Crippen LogP contribution is -2.24. The Morgan fingerprint density at radius 1 is 1.16 bits per heavy atom. The molecule has 0 unspecified atom stereocenters. The number of carbonyl (C=O) groups excluding carboxylic acids is 1.